The van der Waals surface area contributed by atoms with Crippen LogP contribution < -0.4 is 5.32 Å². The summed E-state index contributed by atoms with van der Waals surface area (Å²) in [4.78, 5) is 8.91. The number of aromatic nitrogens is 2. The van der Waals surface area contributed by atoms with Gasteiger partial charge in [0.25, 0.3) is 0 Å². The summed E-state index contributed by atoms with van der Waals surface area (Å²) in [6.45, 7) is 3.07. The molecule has 1 N–H and O–H groups in total. The molecule has 0 radical (unpaired) electrons. The highest BCUT2D eigenvalue weighted by molar-refractivity contribution is 5.71. The molecule has 0 spiro atoms. The van der Waals surface area contributed by atoms with Crippen molar-refractivity contribution in [2.45, 2.75) is 32.1 Å². The van der Waals surface area contributed by atoms with Crippen LogP contribution in [0.15, 0.2) is 36.7 Å². The summed E-state index contributed by atoms with van der Waals surface area (Å²) < 4.78 is 0. The van der Waals surface area contributed by atoms with Gasteiger partial charge in [0.15, 0.2) is 5.82 Å². The van der Waals surface area contributed by atoms with Gasteiger partial charge in [-0.3, -0.25) is 4.98 Å². The third kappa shape index (κ3) is 2.75. The van der Waals surface area contributed by atoms with Crippen molar-refractivity contribution < 1.29 is 0 Å². The lowest BCUT2D eigenvalue weighted by Crippen LogP contribution is -2.04. The van der Waals surface area contributed by atoms with Gasteiger partial charge in [0.1, 0.15) is 5.69 Å². The third-order valence-electron chi connectivity index (χ3n) is 3.45. The van der Waals surface area contributed by atoms with Gasteiger partial charge in [-0.1, -0.05) is 25.1 Å². The van der Waals surface area contributed by atoms with E-state index in [1.165, 1.54) is 18.4 Å². The number of benzene rings is 1. The van der Waals surface area contributed by atoms with Gasteiger partial charge in [-0.25, -0.2) is 4.98 Å². The number of hydrogen-bond acceptors (Lipinski definition) is 3. The van der Waals surface area contributed by atoms with E-state index in [2.05, 4.69) is 46.5 Å². The molecule has 0 saturated heterocycles. The van der Waals surface area contributed by atoms with E-state index in [1.54, 1.807) is 12.4 Å². The topological polar surface area (TPSA) is 37.8 Å². The van der Waals surface area contributed by atoms with E-state index in [0.717, 1.165) is 36.0 Å². The lowest BCUT2D eigenvalue weighted by atomic mass is 10.0. The molecule has 0 bridgehead atoms. The van der Waals surface area contributed by atoms with Crippen molar-refractivity contribution in [3.05, 3.63) is 42.2 Å². The minimum atomic E-state index is 0.767. The van der Waals surface area contributed by atoms with E-state index in [9.17, 15) is 0 Å². The highest BCUT2D eigenvalue weighted by Gasteiger charge is 2.23. The fourth-order valence-corrected chi connectivity index (χ4v) is 2.28. The van der Waals surface area contributed by atoms with Crippen LogP contribution in [0.3, 0.4) is 0 Å². The van der Waals surface area contributed by atoms with Gasteiger partial charge in [-0.15, -0.1) is 0 Å². The maximum atomic E-state index is 4.50. The summed E-state index contributed by atoms with van der Waals surface area (Å²) in [5.41, 5.74) is 3.55. The Morgan fingerprint density at radius 3 is 2.84 bits per heavy atom. The van der Waals surface area contributed by atoms with E-state index in [1.807, 2.05) is 0 Å². The Hall–Kier alpha value is -1.90. The molecule has 1 saturated carbocycles. The molecule has 3 nitrogen and oxygen atoms in total. The van der Waals surface area contributed by atoms with Gasteiger partial charge in [0.2, 0.25) is 0 Å². The van der Waals surface area contributed by atoms with Crippen molar-refractivity contribution in [1.82, 2.24) is 9.97 Å². The Balaban J connectivity index is 1.94. The second kappa shape index (κ2) is 5.39. The van der Waals surface area contributed by atoms with Crippen LogP contribution in [0.25, 0.3) is 11.3 Å². The average Bonchev–Trinajstić information content (AvgIpc) is 3.30. The Kier molecular flexibility index (Phi) is 3.45. The van der Waals surface area contributed by atoms with E-state index >= 15 is 0 Å². The summed E-state index contributed by atoms with van der Waals surface area (Å²) in [6, 6.07) is 8.73. The first kappa shape index (κ1) is 12.2. The SMILES string of the molecule is CCCNc1nccnc1-c1cccc(C2CC2)c1. The predicted octanol–water partition coefficient (Wildman–Crippen LogP) is 3.84. The molecule has 19 heavy (non-hydrogen) atoms. The quantitative estimate of drug-likeness (QED) is 0.879. The fourth-order valence-electron chi connectivity index (χ4n) is 2.28. The zero-order valence-electron chi connectivity index (χ0n) is 11.3. The van der Waals surface area contributed by atoms with Gasteiger partial charge < -0.3 is 5.32 Å². The van der Waals surface area contributed by atoms with Crippen LogP contribution in [-0.4, -0.2) is 16.5 Å². The molecular weight excluding hydrogens is 234 g/mol. The molecule has 0 aliphatic heterocycles. The third-order valence-corrected chi connectivity index (χ3v) is 3.45. The first-order chi connectivity index (χ1) is 9.38. The predicted molar refractivity (Wildman–Crippen MR) is 78.2 cm³/mol. The van der Waals surface area contributed by atoms with Crippen LogP contribution >= 0.6 is 0 Å². The van der Waals surface area contributed by atoms with Crippen molar-refractivity contribution in [2.24, 2.45) is 0 Å². The second-order valence-electron chi connectivity index (χ2n) is 5.08. The zero-order valence-corrected chi connectivity index (χ0v) is 11.3. The molecule has 0 amide bonds. The summed E-state index contributed by atoms with van der Waals surface area (Å²) in [5.74, 6) is 1.65. The highest BCUT2D eigenvalue weighted by Crippen LogP contribution is 2.41. The first-order valence-electron chi connectivity index (χ1n) is 7.03. The van der Waals surface area contributed by atoms with Crippen molar-refractivity contribution in [1.29, 1.82) is 0 Å². The Labute approximate surface area is 114 Å². The second-order valence-corrected chi connectivity index (χ2v) is 5.08. The van der Waals surface area contributed by atoms with Crippen LogP contribution in [0.1, 0.15) is 37.7 Å². The summed E-state index contributed by atoms with van der Waals surface area (Å²) in [6.07, 6.45) is 7.23. The first-order valence-corrected chi connectivity index (χ1v) is 7.03. The minimum absolute atomic E-state index is 0.767. The van der Waals surface area contributed by atoms with Crippen LogP contribution in [0.4, 0.5) is 5.82 Å². The lowest BCUT2D eigenvalue weighted by molar-refractivity contribution is 0.965. The van der Waals surface area contributed by atoms with E-state index in [4.69, 9.17) is 0 Å². The fraction of sp³-hybridized carbons (Fsp3) is 0.375. The molecule has 3 rings (SSSR count). The monoisotopic (exact) mass is 253 g/mol. The van der Waals surface area contributed by atoms with E-state index < -0.39 is 0 Å². The molecule has 98 valence electrons. The summed E-state index contributed by atoms with van der Waals surface area (Å²) in [7, 11) is 0. The van der Waals surface area contributed by atoms with E-state index in [0.29, 0.717) is 0 Å². The molecular formula is C16H19N3. The molecule has 0 atom stereocenters. The summed E-state index contributed by atoms with van der Waals surface area (Å²) >= 11 is 0. The molecule has 0 unspecified atom stereocenters. The Morgan fingerprint density at radius 1 is 1.21 bits per heavy atom. The molecule has 1 aromatic heterocycles. The van der Waals surface area contributed by atoms with Crippen molar-refractivity contribution >= 4 is 5.82 Å². The highest BCUT2D eigenvalue weighted by atomic mass is 15.0. The van der Waals surface area contributed by atoms with Crippen molar-refractivity contribution in [3.8, 4) is 11.3 Å². The van der Waals surface area contributed by atoms with Crippen LogP contribution in [0.2, 0.25) is 0 Å². The number of hydrogen-bond donors (Lipinski definition) is 1. The number of rotatable bonds is 5. The maximum Gasteiger partial charge on any atom is 0.152 e. The molecule has 1 fully saturated rings. The number of nitrogens with zero attached hydrogens (tertiary/aromatic N) is 2. The molecule has 3 heteroatoms. The molecule has 1 aromatic carbocycles. The van der Waals surface area contributed by atoms with Crippen molar-refractivity contribution in [3.63, 3.8) is 0 Å². The lowest BCUT2D eigenvalue weighted by Gasteiger charge is -2.10. The number of nitrogens with one attached hydrogen (secondary N) is 1. The molecule has 1 aliphatic carbocycles. The normalized spacial score (nSPS) is 14.4. The summed E-state index contributed by atoms with van der Waals surface area (Å²) in [5, 5.41) is 3.35. The van der Waals surface area contributed by atoms with Crippen LogP contribution in [0.5, 0.6) is 0 Å². The number of anilines is 1. The average molecular weight is 253 g/mol. The maximum absolute atomic E-state index is 4.50. The van der Waals surface area contributed by atoms with E-state index in [-0.39, 0.29) is 0 Å². The Bertz CT molecular complexity index is 561. The molecule has 1 aliphatic rings. The van der Waals surface area contributed by atoms with Gasteiger partial charge in [-0.05, 0) is 36.8 Å². The van der Waals surface area contributed by atoms with Gasteiger partial charge in [-0.2, -0.15) is 0 Å². The Morgan fingerprint density at radius 2 is 2.05 bits per heavy atom. The largest absolute Gasteiger partial charge is 0.368 e. The van der Waals surface area contributed by atoms with Gasteiger partial charge >= 0.3 is 0 Å². The minimum Gasteiger partial charge on any atom is -0.368 e. The van der Waals surface area contributed by atoms with Crippen LogP contribution in [0, 0.1) is 0 Å². The van der Waals surface area contributed by atoms with Crippen LogP contribution in [-0.2, 0) is 0 Å². The van der Waals surface area contributed by atoms with Crippen molar-refractivity contribution in [2.75, 3.05) is 11.9 Å². The smallest absolute Gasteiger partial charge is 0.152 e. The molecule has 2 aromatic rings. The van der Waals surface area contributed by atoms with Gasteiger partial charge in [0, 0.05) is 24.5 Å². The van der Waals surface area contributed by atoms with Gasteiger partial charge in [0.05, 0.1) is 0 Å². The molecule has 1 heterocycles. The standard InChI is InChI=1S/C16H19N3/c1-2-8-18-16-15(17-9-10-19-16)14-5-3-4-13(11-14)12-6-7-12/h3-5,9-12H,2,6-8H2,1H3,(H,18,19). The zero-order chi connectivity index (χ0) is 13.1.